The van der Waals surface area contributed by atoms with Crippen LogP contribution in [0.4, 0.5) is 4.79 Å². The summed E-state index contributed by atoms with van der Waals surface area (Å²) in [7, 11) is 0. The van der Waals surface area contributed by atoms with Crippen LogP contribution in [0.5, 0.6) is 0 Å². The predicted molar refractivity (Wildman–Crippen MR) is 80.9 cm³/mol. The number of benzene rings is 2. The van der Waals surface area contributed by atoms with Gasteiger partial charge in [0.05, 0.1) is 0 Å². The van der Waals surface area contributed by atoms with Gasteiger partial charge in [-0.3, -0.25) is 0 Å². The molecule has 0 saturated heterocycles. The van der Waals surface area contributed by atoms with E-state index in [2.05, 4.69) is 5.21 Å². The largest absolute Gasteiger partial charge is 0.691 e. The van der Waals surface area contributed by atoms with E-state index in [0.29, 0.717) is 15.9 Å². The van der Waals surface area contributed by atoms with Crippen molar-refractivity contribution in [3.05, 3.63) is 71.4 Å². The van der Waals surface area contributed by atoms with E-state index in [9.17, 15) is 10.0 Å². The molecule has 0 aliphatic carbocycles. The van der Waals surface area contributed by atoms with Crippen LogP contribution in [0.15, 0.2) is 60.7 Å². The third-order valence-electron chi connectivity index (χ3n) is 3.07. The third kappa shape index (κ3) is 2.80. The fourth-order valence-electron chi connectivity index (χ4n) is 2.05. The third-order valence-corrected chi connectivity index (χ3v) is 3.07. The average Bonchev–Trinajstić information content (AvgIpc) is 2.90. The van der Waals surface area contributed by atoms with Gasteiger partial charge >= 0.3 is 6.09 Å². The van der Waals surface area contributed by atoms with E-state index >= 15 is 0 Å². The lowest BCUT2D eigenvalue weighted by atomic mass is 10.2. The molecule has 0 N–H and O–H groups in total. The number of carbonyl (C=O) groups excluding carboxylic acids is 1. The van der Waals surface area contributed by atoms with Crippen LogP contribution in [0, 0.1) is 5.21 Å². The Kier molecular flexibility index (Phi) is 3.82. The quantitative estimate of drug-likeness (QED) is 0.549. The molecular formula is C16H13N3O3. The first-order chi connectivity index (χ1) is 10.8. The zero-order valence-electron chi connectivity index (χ0n) is 11.6. The number of carbonyl (C=O) groups is 1. The van der Waals surface area contributed by atoms with Gasteiger partial charge in [0.2, 0.25) is 11.0 Å². The molecule has 0 fully saturated rings. The maximum atomic E-state index is 12.0. The summed E-state index contributed by atoms with van der Waals surface area (Å²) in [5, 5.41) is 15.2. The van der Waals surface area contributed by atoms with Crippen LogP contribution in [0.2, 0.25) is 0 Å². The molecule has 6 heteroatoms. The maximum absolute atomic E-state index is 12.0. The van der Waals surface area contributed by atoms with Crippen LogP contribution in [0.3, 0.4) is 0 Å². The molecule has 110 valence electrons. The van der Waals surface area contributed by atoms with Gasteiger partial charge in [0.15, 0.2) is 0 Å². The first-order valence-electron chi connectivity index (χ1n) is 6.72. The molecule has 0 atom stereocenters. The molecule has 3 rings (SSSR count). The van der Waals surface area contributed by atoms with Crippen LogP contribution in [-0.4, -0.2) is 22.6 Å². The Labute approximate surface area is 126 Å². The summed E-state index contributed by atoms with van der Waals surface area (Å²) in [6, 6.07) is 16.3. The normalized spacial score (nSPS) is 11.1. The van der Waals surface area contributed by atoms with Crippen molar-refractivity contribution in [2.24, 2.45) is 0 Å². The zero-order chi connectivity index (χ0) is 15.4. The number of nitrogens with zero attached hydrogens (tertiary/aromatic N) is 3. The standard InChI is InChI=1S/C16H13N3O3/c20-16(22-12-6-9-13-7-2-1-3-8-13)18-14-10-4-5-11-15(14)19(21)17-18/h1-11H,12H2/b9-6+. The Morgan fingerprint density at radius 1 is 1.18 bits per heavy atom. The molecule has 0 unspecified atom stereocenters. The minimum absolute atomic E-state index is 0.0980. The molecule has 0 bridgehead atoms. The highest BCUT2D eigenvalue weighted by Gasteiger charge is 2.21. The molecule has 1 heterocycles. The van der Waals surface area contributed by atoms with Gasteiger partial charge in [0, 0.05) is 0 Å². The lowest BCUT2D eigenvalue weighted by molar-refractivity contribution is -0.645. The first-order valence-corrected chi connectivity index (χ1v) is 6.72. The van der Waals surface area contributed by atoms with Crippen molar-refractivity contribution in [3.8, 4) is 0 Å². The Morgan fingerprint density at radius 2 is 1.91 bits per heavy atom. The van der Waals surface area contributed by atoms with E-state index in [0.717, 1.165) is 10.2 Å². The SMILES string of the molecule is O=C(OC/C=C/c1ccccc1)n1n[n+]([O-])c2ccccc21. The highest BCUT2D eigenvalue weighted by molar-refractivity contribution is 5.83. The summed E-state index contributed by atoms with van der Waals surface area (Å²) < 4.78 is 6.05. The minimum Gasteiger partial charge on any atom is -0.691 e. The number of hydrogen-bond acceptors (Lipinski definition) is 4. The second kappa shape index (κ2) is 6.09. The van der Waals surface area contributed by atoms with Gasteiger partial charge in [-0.15, -0.1) is 4.85 Å². The second-order valence-corrected chi connectivity index (χ2v) is 4.55. The molecule has 0 amide bonds. The smallest absolute Gasteiger partial charge is 0.533 e. The maximum Gasteiger partial charge on any atom is 0.533 e. The second-order valence-electron chi connectivity index (χ2n) is 4.55. The fraction of sp³-hybridized carbons (Fsp3) is 0.0625. The summed E-state index contributed by atoms with van der Waals surface area (Å²) in [6.45, 7) is 0.0980. The van der Waals surface area contributed by atoms with Crippen molar-refractivity contribution >= 4 is 23.2 Å². The summed E-state index contributed by atoms with van der Waals surface area (Å²) in [5.74, 6) is 0. The van der Waals surface area contributed by atoms with Gasteiger partial charge in [0.25, 0.3) is 0 Å². The Bertz CT molecular complexity index is 825. The molecule has 6 nitrogen and oxygen atoms in total. The van der Waals surface area contributed by atoms with Crippen molar-refractivity contribution in [3.63, 3.8) is 0 Å². The molecule has 0 aliphatic rings. The Balaban J connectivity index is 1.68. The van der Waals surface area contributed by atoms with Crippen LogP contribution < -0.4 is 4.85 Å². The predicted octanol–water partition coefficient (Wildman–Crippen LogP) is 2.37. The van der Waals surface area contributed by atoms with E-state index in [4.69, 9.17) is 4.74 Å². The molecule has 0 aliphatic heterocycles. The van der Waals surface area contributed by atoms with Gasteiger partial charge in [-0.1, -0.05) is 48.5 Å². The van der Waals surface area contributed by atoms with Gasteiger partial charge in [-0.25, -0.2) is 0 Å². The van der Waals surface area contributed by atoms with Crippen molar-refractivity contribution in [1.82, 2.24) is 9.90 Å². The summed E-state index contributed by atoms with van der Waals surface area (Å²) >= 11 is 0. The molecule has 0 radical (unpaired) electrons. The average molecular weight is 295 g/mol. The Morgan fingerprint density at radius 3 is 2.73 bits per heavy atom. The molecule has 2 aromatic carbocycles. The van der Waals surface area contributed by atoms with Crippen molar-refractivity contribution in [1.29, 1.82) is 0 Å². The van der Waals surface area contributed by atoms with E-state index in [1.165, 1.54) is 0 Å². The van der Waals surface area contributed by atoms with Crippen LogP contribution in [0.1, 0.15) is 5.56 Å². The van der Waals surface area contributed by atoms with Crippen LogP contribution in [0.25, 0.3) is 17.1 Å². The molecule has 0 saturated carbocycles. The molecule has 3 aromatic rings. The summed E-state index contributed by atoms with van der Waals surface area (Å²) in [4.78, 5) is 12.4. The number of para-hydroxylation sites is 2. The van der Waals surface area contributed by atoms with E-state index in [-0.39, 0.29) is 6.61 Å². The fourth-order valence-corrected chi connectivity index (χ4v) is 2.05. The van der Waals surface area contributed by atoms with Crippen LogP contribution in [-0.2, 0) is 4.74 Å². The van der Waals surface area contributed by atoms with Crippen LogP contribution >= 0.6 is 0 Å². The topological polar surface area (TPSA) is 71.1 Å². The Hall–Kier alpha value is -3.15. The number of ether oxygens (including phenoxy) is 1. The van der Waals surface area contributed by atoms with Gasteiger partial charge in [-0.05, 0) is 28.5 Å². The van der Waals surface area contributed by atoms with E-state index < -0.39 is 6.09 Å². The van der Waals surface area contributed by atoms with Gasteiger partial charge in [0.1, 0.15) is 11.8 Å². The summed E-state index contributed by atoms with van der Waals surface area (Å²) in [6.07, 6.45) is 2.88. The first kappa shape index (κ1) is 13.8. The van der Waals surface area contributed by atoms with Crippen molar-refractivity contribution < 1.29 is 14.4 Å². The number of hydrogen-bond donors (Lipinski definition) is 0. The lowest BCUT2D eigenvalue weighted by Gasteiger charge is -1.96. The minimum atomic E-state index is -0.691. The highest BCUT2D eigenvalue weighted by atomic mass is 16.6. The molecular weight excluding hydrogens is 282 g/mol. The molecule has 0 spiro atoms. The van der Waals surface area contributed by atoms with Crippen molar-refractivity contribution in [2.75, 3.05) is 6.61 Å². The monoisotopic (exact) mass is 295 g/mol. The highest BCUT2D eigenvalue weighted by Crippen LogP contribution is 2.08. The lowest BCUT2D eigenvalue weighted by Crippen LogP contribution is -2.31. The van der Waals surface area contributed by atoms with E-state index in [1.807, 2.05) is 36.4 Å². The number of aromatic nitrogens is 3. The summed E-state index contributed by atoms with van der Waals surface area (Å²) in [5.41, 5.74) is 1.74. The zero-order valence-corrected chi connectivity index (χ0v) is 11.6. The molecule has 22 heavy (non-hydrogen) atoms. The van der Waals surface area contributed by atoms with Gasteiger partial charge in [-0.2, -0.15) is 4.79 Å². The number of fused-ring (bicyclic) bond motifs is 1. The molecule has 1 aromatic heterocycles. The van der Waals surface area contributed by atoms with Crippen molar-refractivity contribution in [2.45, 2.75) is 0 Å². The van der Waals surface area contributed by atoms with E-state index in [1.54, 1.807) is 30.3 Å². The number of rotatable bonds is 3. The van der Waals surface area contributed by atoms with Gasteiger partial charge < -0.3 is 9.94 Å².